The molecule has 0 aliphatic carbocycles. The summed E-state index contributed by atoms with van der Waals surface area (Å²) in [6.45, 7) is 8.65. The first-order valence-corrected chi connectivity index (χ1v) is 6.59. The van der Waals surface area contributed by atoms with E-state index in [-0.39, 0.29) is 5.97 Å². The molecule has 106 valence electrons. The van der Waals surface area contributed by atoms with E-state index >= 15 is 0 Å². The van der Waals surface area contributed by atoms with E-state index in [4.69, 9.17) is 4.74 Å². The lowest BCUT2D eigenvalue weighted by Crippen LogP contribution is -2.28. The second-order valence-electron chi connectivity index (χ2n) is 4.23. The number of nitrogens with one attached hydrogen (secondary N) is 2. The second-order valence-corrected chi connectivity index (χ2v) is 4.23. The summed E-state index contributed by atoms with van der Waals surface area (Å²) in [6.07, 6.45) is 1.02. The van der Waals surface area contributed by atoms with E-state index in [1.807, 2.05) is 6.92 Å². The number of carbonyl (C=O) groups is 1. The molecule has 0 spiro atoms. The quantitative estimate of drug-likeness (QED) is 0.735. The van der Waals surface area contributed by atoms with Gasteiger partial charge in [0.15, 0.2) is 0 Å². The molecule has 0 saturated carbocycles. The molecule has 19 heavy (non-hydrogen) atoms. The Morgan fingerprint density at radius 3 is 2.68 bits per heavy atom. The van der Waals surface area contributed by atoms with Crippen molar-refractivity contribution in [3.05, 3.63) is 11.9 Å². The summed E-state index contributed by atoms with van der Waals surface area (Å²) in [6, 6.07) is 1.35. The third-order valence-corrected chi connectivity index (χ3v) is 2.40. The zero-order chi connectivity index (χ0) is 14.3. The maximum absolute atomic E-state index is 11.5. The van der Waals surface area contributed by atoms with E-state index in [0.29, 0.717) is 18.2 Å². The van der Waals surface area contributed by atoms with Crippen molar-refractivity contribution in [2.75, 3.05) is 23.8 Å². The molecule has 0 bridgehead atoms. The van der Waals surface area contributed by atoms with E-state index in [1.54, 1.807) is 19.9 Å². The molecule has 6 nitrogen and oxygen atoms in total. The van der Waals surface area contributed by atoms with Gasteiger partial charge >= 0.3 is 5.97 Å². The summed E-state index contributed by atoms with van der Waals surface area (Å²) >= 11 is 0. The molecule has 0 aliphatic heterocycles. The maximum Gasteiger partial charge on any atom is 0.328 e. The van der Waals surface area contributed by atoms with Crippen molar-refractivity contribution in [2.45, 2.75) is 40.2 Å². The van der Waals surface area contributed by atoms with Crippen molar-refractivity contribution in [2.24, 2.45) is 0 Å². The van der Waals surface area contributed by atoms with Crippen LogP contribution in [0.5, 0.6) is 0 Å². The SMILES string of the molecule is CCCNc1cc(NC(C)C(=O)OCC)nc(C)n1. The van der Waals surface area contributed by atoms with Crippen LogP contribution in [0.1, 0.15) is 33.0 Å². The third-order valence-electron chi connectivity index (χ3n) is 2.40. The molecule has 6 heteroatoms. The molecule has 1 aromatic rings. The number of aromatic nitrogens is 2. The zero-order valence-corrected chi connectivity index (χ0v) is 12.0. The van der Waals surface area contributed by atoms with Gasteiger partial charge in [-0.2, -0.15) is 0 Å². The minimum Gasteiger partial charge on any atom is -0.464 e. The summed E-state index contributed by atoms with van der Waals surface area (Å²) in [5, 5.41) is 6.21. The highest BCUT2D eigenvalue weighted by molar-refractivity contribution is 5.78. The predicted molar refractivity (Wildman–Crippen MR) is 75.3 cm³/mol. The summed E-state index contributed by atoms with van der Waals surface area (Å²) in [7, 11) is 0. The van der Waals surface area contributed by atoms with Gasteiger partial charge in [0.05, 0.1) is 6.61 Å². The summed E-state index contributed by atoms with van der Waals surface area (Å²) in [5.74, 6) is 1.74. The Bertz CT molecular complexity index is 423. The number of hydrogen-bond acceptors (Lipinski definition) is 6. The van der Waals surface area contributed by atoms with Gasteiger partial charge in [0, 0.05) is 12.6 Å². The number of ether oxygens (including phenoxy) is 1. The number of nitrogens with zero attached hydrogens (tertiary/aromatic N) is 2. The van der Waals surface area contributed by atoms with Crippen molar-refractivity contribution in [1.29, 1.82) is 0 Å². The van der Waals surface area contributed by atoms with E-state index in [1.165, 1.54) is 0 Å². The third kappa shape index (κ3) is 5.11. The number of anilines is 2. The van der Waals surface area contributed by atoms with Gasteiger partial charge in [-0.3, -0.25) is 0 Å². The molecular formula is C13H22N4O2. The van der Waals surface area contributed by atoms with Crippen LogP contribution in [0, 0.1) is 6.92 Å². The smallest absolute Gasteiger partial charge is 0.328 e. The van der Waals surface area contributed by atoms with E-state index < -0.39 is 6.04 Å². The summed E-state index contributed by atoms with van der Waals surface area (Å²) in [5.41, 5.74) is 0. The Labute approximate surface area is 114 Å². The molecule has 1 atom stereocenters. The molecule has 0 saturated heterocycles. The average molecular weight is 266 g/mol. The van der Waals surface area contributed by atoms with Crippen molar-refractivity contribution < 1.29 is 9.53 Å². The number of hydrogen-bond donors (Lipinski definition) is 2. The lowest BCUT2D eigenvalue weighted by Gasteiger charge is -2.14. The number of carbonyl (C=O) groups excluding carboxylic acids is 1. The number of rotatable bonds is 7. The number of esters is 1. The lowest BCUT2D eigenvalue weighted by atomic mass is 10.3. The predicted octanol–water partition coefficient (Wildman–Crippen LogP) is 1.97. The van der Waals surface area contributed by atoms with Crippen LogP contribution in [0.4, 0.5) is 11.6 Å². The molecule has 0 radical (unpaired) electrons. The molecule has 1 aromatic heterocycles. The largest absolute Gasteiger partial charge is 0.464 e. The van der Waals surface area contributed by atoms with Crippen LogP contribution in [0.15, 0.2) is 6.07 Å². The van der Waals surface area contributed by atoms with E-state index in [0.717, 1.165) is 18.8 Å². The fourth-order valence-corrected chi connectivity index (χ4v) is 1.53. The Balaban J connectivity index is 2.71. The first kappa shape index (κ1) is 15.2. The van der Waals surface area contributed by atoms with Crippen LogP contribution in [0.2, 0.25) is 0 Å². The second kappa shape index (κ2) is 7.56. The summed E-state index contributed by atoms with van der Waals surface area (Å²) in [4.78, 5) is 20.1. The van der Waals surface area contributed by atoms with Gasteiger partial charge < -0.3 is 15.4 Å². The Morgan fingerprint density at radius 2 is 2.05 bits per heavy atom. The molecule has 2 N–H and O–H groups in total. The minimum absolute atomic E-state index is 0.290. The van der Waals surface area contributed by atoms with Crippen LogP contribution >= 0.6 is 0 Å². The van der Waals surface area contributed by atoms with E-state index in [2.05, 4.69) is 27.5 Å². The number of aryl methyl sites for hydroxylation is 1. The van der Waals surface area contributed by atoms with Crippen LogP contribution in [-0.4, -0.2) is 35.1 Å². The maximum atomic E-state index is 11.5. The standard InChI is InChI=1S/C13H22N4O2/c1-5-7-14-11-8-12(17-10(4)16-11)15-9(3)13(18)19-6-2/h8-9H,5-7H2,1-4H3,(H2,14,15,16,17). The van der Waals surface area contributed by atoms with Crippen LogP contribution in [-0.2, 0) is 9.53 Å². The highest BCUT2D eigenvalue weighted by atomic mass is 16.5. The molecule has 0 fully saturated rings. The molecule has 1 rings (SSSR count). The lowest BCUT2D eigenvalue weighted by molar-refractivity contribution is -0.143. The molecular weight excluding hydrogens is 244 g/mol. The normalized spacial score (nSPS) is 11.8. The van der Waals surface area contributed by atoms with Crippen LogP contribution in [0.3, 0.4) is 0 Å². The Morgan fingerprint density at radius 1 is 1.37 bits per heavy atom. The van der Waals surface area contributed by atoms with Crippen molar-refractivity contribution in [3.8, 4) is 0 Å². The highest BCUT2D eigenvalue weighted by Gasteiger charge is 2.14. The molecule has 1 heterocycles. The zero-order valence-electron chi connectivity index (χ0n) is 12.0. The first-order valence-electron chi connectivity index (χ1n) is 6.59. The van der Waals surface area contributed by atoms with Gasteiger partial charge in [-0.05, 0) is 27.2 Å². The monoisotopic (exact) mass is 266 g/mol. The van der Waals surface area contributed by atoms with Crippen molar-refractivity contribution in [3.63, 3.8) is 0 Å². The van der Waals surface area contributed by atoms with E-state index in [9.17, 15) is 4.79 Å². The molecule has 0 aromatic carbocycles. The first-order chi connectivity index (χ1) is 9.06. The van der Waals surface area contributed by atoms with Gasteiger partial charge in [-0.1, -0.05) is 6.92 Å². The van der Waals surface area contributed by atoms with Crippen LogP contribution in [0.25, 0.3) is 0 Å². The Hall–Kier alpha value is -1.85. The average Bonchev–Trinajstić information content (AvgIpc) is 2.36. The molecule has 0 aliphatic rings. The minimum atomic E-state index is -0.437. The fraction of sp³-hybridized carbons (Fsp3) is 0.615. The van der Waals surface area contributed by atoms with Crippen LogP contribution < -0.4 is 10.6 Å². The summed E-state index contributed by atoms with van der Waals surface area (Å²) < 4.78 is 4.94. The van der Waals surface area contributed by atoms with Gasteiger partial charge in [-0.15, -0.1) is 0 Å². The van der Waals surface area contributed by atoms with Gasteiger partial charge in [0.25, 0.3) is 0 Å². The van der Waals surface area contributed by atoms with Gasteiger partial charge in [-0.25, -0.2) is 14.8 Å². The topological polar surface area (TPSA) is 76.1 Å². The van der Waals surface area contributed by atoms with Crippen molar-refractivity contribution >= 4 is 17.6 Å². The fourth-order valence-electron chi connectivity index (χ4n) is 1.53. The van der Waals surface area contributed by atoms with Crippen molar-refractivity contribution in [1.82, 2.24) is 9.97 Å². The molecule has 0 amide bonds. The Kier molecular flexibility index (Phi) is 6.05. The molecule has 1 unspecified atom stereocenters. The van der Waals surface area contributed by atoms with Gasteiger partial charge in [0.1, 0.15) is 23.5 Å². The highest BCUT2D eigenvalue weighted by Crippen LogP contribution is 2.12. The van der Waals surface area contributed by atoms with Gasteiger partial charge in [0.2, 0.25) is 0 Å².